The summed E-state index contributed by atoms with van der Waals surface area (Å²) in [6.45, 7) is 5.89. The highest BCUT2D eigenvalue weighted by Gasteiger charge is 2.43. The molecule has 2 aliphatic rings. The van der Waals surface area contributed by atoms with E-state index in [1.54, 1.807) is 0 Å². The molecule has 0 bridgehead atoms. The Bertz CT molecular complexity index is 303. The van der Waals surface area contributed by atoms with Crippen LogP contribution in [0.4, 0.5) is 0 Å². The van der Waals surface area contributed by atoms with E-state index in [4.69, 9.17) is 0 Å². The van der Waals surface area contributed by atoms with Crippen molar-refractivity contribution in [1.29, 1.82) is 0 Å². The Hall–Kier alpha value is -0.510. The quantitative estimate of drug-likeness (QED) is 0.717. The van der Waals surface area contributed by atoms with Crippen LogP contribution in [-0.4, -0.2) is 27.8 Å². The smallest absolute Gasteiger partial charge is 0.252 e. The second-order valence-electron chi connectivity index (χ2n) is 4.66. The van der Waals surface area contributed by atoms with Gasteiger partial charge in [0, 0.05) is 0 Å². The second kappa shape index (κ2) is 2.99. The van der Waals surface area contributed by atoms with Crippen LogP contribution in [-0.2, 0) is 4.79 Å². The third kappa shape index (κ3) is 1.45. The molecule has 0 aromatic rings. The number of nitrogens with zero attached hydrogens (tertiary/aromatic N) is 1. The van der Waals surface area contributed by atoms with Gasteiger partial charge in [-0.05, 0) is 39.4 Å². The number of carbonyl (C=O) groups excluding carboxylic acids is 1. The van der Waals surface area contributed by atoms with E-state index in [1.165, 1.54) is 12.2 Å². The van der Waals surface area contributed by atoms with Crippen molar-refractivity contribution in [3.05, 3.63) is 0 Å². The van der Waals surface area contributed by atoms with Gasteiger partial charge in [0.2, 0.25) is 0 Å². The van der Waals surface area contributed by atoms with Crippen LogP contribution in [0.15, 0.2) is 4.99 Å². The van der Waals surface area contributed by atoms with Gasteiger partial charge in [0.05, 0.1) is 4.75 Å². The van der Waals surface area contributed by atoms with Crippen molar-refractivity contribution in [3.63, 3.8) is 0 Å². The largest absolute Gasteiger partial charge is 0.311 e. The number of thioether (sulfide) groups is 1. The van der Waals surface area contributed by atoms with E-state index < -0.39 is 5.54 Å². The zero-order chi connectivity index (χ0) is 10.4. The first-order valence-corrected chi connectivity index (χ1v) is 5.98. The van der Waals surface area contributed by atoms with Crippen LogP contribution in [0.25, 0.3) is 0 Å². The molecule has 1 unspecified atom stereocenters. The Morgan fingerprint density at radius 1 is 1.43 bits per heavy atom. The summed E-state index contributed by atoms with van der Waals surface area (Å²) in [4.78, 5) is 16.1. The lowest BCUT2D eigenvalue weighted by Gasteiger charge is -2.21. The maximum absolute atomic E-state index is 11.6. The molecule has 78 valence electrons. The first-order chi connectivity index (χ1) is 6.44. The molecule has 1 fully saturated rings. The lowest BCUT2D eigenvalue weighted by molar-refractivity contribution is -0.122. The topological polar surface area (TPSA) is 41.5 Å². The molecule has 1 saturated heterocycles. The lowest BCUT2D eigenvalue weighted by atomic mass is 10.0. The fourth-order valence-electron chi connectivity index (χ4n) is 1.84. The molecule has 3 nitrogen and oxygen atoms in total. The Morgan fingerprint density at radius 3 is 2.57 bits per heavy atom. The molecule has 0 aliphatic carbocycles. The van der Waals surface area contributed by atoms with Gasteiger partial charge in [-0.3, -0.25) is 9.79 Å². The number of amides is 1. The van der Waals surface area contributed by atoms with Gasteiger partial charge in [-0.2, -0.15) is 0 Å². The summed E-state index contributed by atoms with van der Waals surface area (Å²) in [5.74, 6) is 2.09. The normalized spacial score (nSPS) is 35.6. The van der Waals surface area contributed by atoms with Crippen LogP contribution in [0.1, 0.15) is 33.6 Å². The number of hydrogen-bond acceptors (Lipinski definition) is 3. The van der Waals surface area contributed by atoms with Gasteiger partial charge < -0.3 is 5.32 Å². The molecular formula is C10H16N2OS. The van der Waals surface area contributed by atoms with Gasteiger partial charge >= 0.3 is 0 Å². The highest BCUT2D eigenvalue weighted by molar-refractivity contribution is 8.01. The molecule has 0 radical (unpaired) electrons. The molecule has 1 atom stereocenters. The molecule has 0 aromatic carbocycles. The predicted octanol–water partition coefficient (Wildman–Crippen LogP) is 1.58. The van der Waals surface area contributed by atoms with E-state index in [0.717, 1.165) is 12.3 Å². The molecule has 14 heavy (non-hydrogen) atoms. The van der Waals surface area contributed by atoms with Crippen LogP contribution in [0.3, 0.4) is 0 Å². The summed E-state index contributed by atoms with van der Waals surface area (Å²) in [6, 6.07) is 0. The Balaban J connectivity index is 2.25. The average molecular weight is 212 g/mol. The number of rotatable bonds is 1. The number of hydrogen-bond donors (Lipinski definition) is 1. The van der Waals surface area contributed by atoms with Crippen molar-refractivity contribution in [2.45, 2.75) is 43.9 Å². The maximum atomic E-state index is 11.6. The van der Waals surface area contributed by atoms with Gasteiger partial charge in [-0.1, -0.05) is 0 Å². The molecule has 2 heterocycles. The number of aliphatic imine (C=N–C) groups is 1. The minimum Gasteiger partial charge on any atom is -0.311 e. The molecule has 2 rings (SSSR count). The molecular weight excluding hydrogens is 196 g/mol. The Morgan fingerprint density at radius 2 is 2.14 bits per heavy atom. The molecule has 0 aromatic heterocycles. The van der Waals surface area contributed by atoms with Crippen LogP contribution in [0.5, 0.6) is 0 Å². The number of nitrogens with one attached hydrogen (secondary N) is 1. The first-order valence-electron chi connectivity index (χ1n) is 5.00. The van der Waals surface area contributed by atoms with Crippen molar-refractivity contribution >= 4 is 23.5 Å². The molecule has 4 heteroatoms. The van der Waals surface area contributed by atoms with Gasteiger partial charge in [0.1, 0.15) is 11.4 Å². The van der Waals surface area contributed by atoms with E-state index in [-0.39, 0.29) is 10.7 Å². The first kappa shape index (κ1) is 10.0. The summed E-state index contributed by atoms with van der Waals surface area (Å²) >= 11 is 1.90. The SMILES string of the molecule is CC1(C)N=C(C2(C)CCCS2)NC1=O. The zero-order valence-electron chi connectivity index (χ0n) is 8.89. The minimum atomic E-state index is -0.568. The standard InChI is InChI=1S/C10H16N2OS/c1-9(2)8(13)11-7(12-9)10(3)5-4-6-14-10/h4-6H2,1-3H3,(H,11,12,13). The van der Waals surface area contributed by atoms with Gasteiger partial charge in [-0.15, -0.1) is 11.8 Å². The van der Waals surface area contributed by atoms with Gasteiger partial charge in [-0.25, -0.2) is 0 Å². The van der Waals surface area contributed by atoms with E-state index in [9.17, 15) is 4.79 Å². The van der Waals surface area contributed by atoms with Crippen LogP contribution < -0.4 is 5.32 Å². The van der Waals surface area contributed by atoms with Crippen molar-refractivity contribution in [2.24, 2.45) is 4.99 Å². The molecule has 1 N–H and O–H groups in total. The minimum absolute atomic E-state index is 0.0289. The van der Waals surface area contributed by atoms with Crippen molar-refractivity contribution in [2.75, 3.05) is 5.75 Å². The summed E-state index contributed by atoms with van der Waals surface area (Å²) in [6.07, 6.45) is 2.34. The summed E-state index contributed by atoms with van der Waals surface area (Å²) < 4.78 is 0.0451. The Labute approximate surface area is 88.7 Å². The summed E-state index contributed by atoms with van der Waals surface area (Å²) in [7, 11) is 0. The van der Waals surface area contributed by atoms with Crippen molar-refractivity contribution in [1.82, 2.24) is 5.32 Å². The van der Waals surface area contributed by atoms with Crippen molar-refractivity contribution < 1.29 is 4.79 Å². The predicted molar refractivity (Wildman–Crippen MR) is 59.8 cm³/mol. The van der Waals surface area contributed by atoms with Crippen LogP contribution in [0.2, 0.25) is 0 Å². The zero-order valence-corrected chi connectivity index (χ0v) is 9.70. The maximum Gasteiger partial charge on any atom is 0.252 e. The fourth-order valence-corrected chi connectivity index (χ4v) is 3.10. The summed E-state index contributed by atoms with van der Waals surface area (Å²) in [5, 5.41) is 2.92. The van der Waals surface area contributed by atoms with Crippen LogP contribution >= 0.6 is 11.8 Å². The van der Waals surface area contributed by atoms with Crippen molar-refractivity contribution in [3.8, 4) is 0 Å². The van der Waals surface area contributed by atoms with E-state index >= 15 is 0 Å². The van der Waals surface area contributed by atoms with E-state index in [2.05, 4.69) is 17.2 Å². The molecule has 2 aliphatic heterocycles. The molecule has 1 amide bonds. The monoisotopic (exact) mass is 212 g/mol. The van der Waals surface area contributed by atoms with Crippen LogP contribution in [0, 0.1) is 0 Å². The fraction of sp³-hybridized carbons (Fsp3) is 0.800. The molecule has 0 saturated carbocycles. The Kier molecular flexibility index (Phi) is 2.14. The highest BCUT2D eigenvalue weighted by Crippen LogP contribution is 2.40. The van der Waals surface area contributed by atoms with E-state index in [0.29, 0.717) is 0 Å². The van der Waals surface area contributed by atoms with E-state index in [1.807, 2.05) is 25.6 Å². The highest BCUT2D eigenvalue weighted by atomic mass is 32.2. The van der Waals surface area contributed by atoms with Gasteiger partial charge in [0.25, 0.3) is 5.91 Å². The average Bonchev–Trinajstić information content (AvgIpc) is 2.60. The summed E-state index contributed by atoms with van der Waals surface area (Å²) in [5.41, 5.74) is -0.568. The number of carbonyl (C=O) groups is 1. The van der Waals surface area contributed by atoms with Gasteiger partial charge in [0.15, 0.2) is 0 Å². The third-order valence-corrected chi connectivity index (χ3v) is 4.43. The second-order valence-corrected chi connectivity index (χ2v) is 6.25. The lowest BCUT2D eigenvalue weighted by Crippen LogP contribution is -2.41. The number of amidine groups is 1. The molecule has 0 spiro atoms. The third-order valence-electron chi connectivity index (χ3n) is 2.90.